The number of hydrogen-bond acceptors (Lipinski definition) is 11. The van der Waals surface area contributed by atoms with Crippen LogP contribution < -0.4 is 15.4 Å². The van der Waals surface area contributed by atoms with Crippen molar-refractivity contribution in [2.45, 2.75) is 122 Å². The number of imidazole rings is 2. The molecule has 5 atom stereocenters. The minimum Gasteiger partial charge on any atom is -0.464 e. The van der Waals surface area contributed by atoms with Crippen LogP contribution in [0.2, 0.25) is 0 Å². The standard InChI is InChI=1S/C52H61FN10O7S/c1-27(2)43(59-51(66)68-5)48(64)61-18-10-14-37(61)45-54-24-34(57-45)30-16-17-36-32(20-30)22-39-42-33(53)21-31(23-40(42)70-50(63(36)39)41-26-56-47(71-41)29-12-8-7-9-13-29)35-25-55-46(58-35)38-15-11-19-62(38)49(65)44(28(3)4)60-52(67)69-6/h16-17,20-29,37-38,43-44,50H,7-15,18-19H2,1-6H3,(H,54,57)(H,55,58)(H,59,66)(H,60,67)/t37-,38-,43-,44-,50?/m0/s1. The molecule has 374 valence electrons. The van der Waals surface area contributed by atoms with Gasteiger partial charge in [0.15, 0.2) is 0 Å². The SMILES string of the molecule is COC(=O)N[C@H](C(=O)N1CCC[C@H]1c1nc(-c2cc(F)c3c(c2)OC(c2cnc(C4CCCCC4)s2)n2c-3cc3cc(-c4cnc([C@@H]5CCCN5C(=O)[C@@H](NC(=O)OC)C(C)C)[nH]4)ccc32)c[nH]1)C(C)C. The van der Waals surface area contributed by atoms with Gasteiger partial charge in [0.05, 0.1) is 70.5 Å². The van der Waals surface area contributed by atoms with Crippen molar-refractivity contribution in [3.8, 4) is 39.5 Å². The van der Waals surface area contributed by atoms with Crippen LogP contribution in [0, 0.1) is 17.7 Å². The Morgan fingerprint density at radius 2 is 1.45 bits per heavy atom. The maximum atomic E-state index is 17.0. The number of benzene rings is 2. The number of halogens is 1. The number of alkyl carbamates (subject to hydrolysis) is 2. The maximum absolute atomic E-state index is 17.0. The number of ether oxygens (including phenoxy) is 3. The predicted molar refractivity (Wildman–Crippen MR) is 265 cm³/mol. The molecule has 3 aliphatic heterocycles. The number of amides is 4. The molecule has 2 aromatic carbocycles. The molecule has 7 heterocycles. The summed E-state index contributed by atoms with van der Waals surface area (Å²) in [6.07, 6.45) is 12.2. The summed E-state index contributed by atoms with van der Waals surface area (Å²) in [7, 11) is 2.55. The van der Waals surface area contributed by atoms with Gasteiger partial charge in [0.25, 0.3) is 0 Å². The van der Waals surface area contributed by atoms with Gasteiger partial charge >= 0.3 is 12.2 Å². The summed E-state index contributed by atoms with van der Waals surface area (Å²) in [5.74, 6) is 0.805. The van der Waals surface area contributed by atoms with Gasteiger partial charge in [-0.3, -0.25) is 14.2 Å². The Morgan fingerprint density at radius 1 is 0.789 bits per heavy atom. The minimum atomic E-state index is -0.774. The van der Waals surface area contributed by atoms with Crippen molar-refractivity contribution in [2.75, 3.05) is 27.3 Å². The average molecular weight is 989 g/mol. The molecule has 4 N–H and O–H groups in total. The first kappa shape index (κ1) is 47.9. The number of nitrogens with one attached hydrogen (secondary N) is 4. The summed E-state index contributed by atoms with van der Waals surface area (Å²) in [5.41, 5.74) is 4.50. The number of methoxy groups -OCH3 is 2. The molecule has 0 spiro atoms. The Hall–Kier alpha value is -6.76. The summed E-state index contributed by atoms with van der Waals surface area (Å²) in [6.45, 7) is 8.58. The van der Waals surface area contributed by atoms with E-state index < -0.39 is 36.3 Å². The molecule has 4 aliphatic rings. The second-order valence-electron chi connectivity index (χ2n) is 19.9. The van der Waals surface area contributed by atoms with Crippen molar-refractivity contribution in [3.05, 3.63) is 82.3 Å². The van der Waals surface area contributed by atoms with Crippen LogP contribution in [0.1, 0.15) is 131 Å². The second kappa shape index (κ2) is 19.8. The predicted octanol–water partition coefficient (Wildman–Crippen LogP) is 9.76. The van der Waals surface area contributed by atoms with E-state index in [1.807, 2.05) is 58.2 Å². The third-order valence-electron chi connectivity index (χ3n) is 14.6. The summed E-state index contributed by atoms with van der Waals surface area (Å²) < 4.78 is 35.7. The summed E-state index contributed by atoms with van der Waals surface area (Å²) in [6, 6.07) is 9.25. The van der Waals surface area contributed by atoms with Gasteiger partial charge < -0.3 is 44.6 Å². The van der Waals surface area contributed by atoms with E-state index in [1.54, 1.807) is 33.5 Å². The van der Waals surface area contributed by atoms with Crippen molar-refractivity contribution in [3.63, 3.8) is 0 Å². The number of aromatic amines is 2. The normalized spacial score (nSPS) is 19.9. The van der Waals surface area contributed by atoms with Gasteiger partial charge in [-0.25, -0.2) is 28.9 Å². The molecule has 0 bridgehead atoms. The lowest BCUT2D eigenvalue weighted by Gasteiger charge is -2.30. The number of fused-ring (bicyclic) bond motifs is 5. The van der Waals surface area contributed by atoms with Crippen molar-refractivity contribution in [1.82, 2.24) is 49.9 Å². The third kappa shape index (κ3) is 9.12. The molecule has 0 radical (unpaired) electrons. The molecule has 2 saturated heterocycles. The van der Waals surface area contributed by atoms with Crippen LogP contribution in [0.15, 0.2) is 55.0 Å². The molecule has 6 aromatic rings. The van der Waals surface area contributed by atoms with Crippen LogP contribution in [0.25, 0.3) is 44.7 Å². The number of thiazole rings is 1. The van der Waals surface area contributed by atoms with Gasteiger partial charge in [-0.1, -0.05) is 53.0 Å². The zero-order valence-corrected chi connectivity index (χ0v) is 41.7. The van der Waals surface area contributed by atoms with Crippen molar-refractivity contribution in [2.24, 2.45) is 11.8 Å². The monoisotopic (exact) mass is 988 g/mol. The number of hydrogen-bond donors (Lipinski definition) is 4. The van der Waals surface area contributed by atoms with E-state index >= 15 is 4.39 Å². The van der Waals surface area contributed by atoms with E-state index in [9.17, 15) is 19.2 Å². The molecule has 19 heteroatoms. The number of carbonyl (C=O) groups is 4. The van der Waals surface area contributed by atoms with Crippen LogP contribution in [0.4, 0.5) is 14.0 Å². The molecule has 1 unspecified atom stereocenters. The molecule has 17 nitrogen and oxygen atoms in total. The molecule has 4 aromatic heterocycles. The van der Waals surface area contributed by atoms with Crippen LogP contribution in [0.5, 0.6) is 5.75 Å². The molecule has 4 amide bonds. The highest BCUT2D eigenvalue weighted by atomic mass is 32.1. The van der Waals surface area contributed by atoms with Crippen LogP contribution in [-0.4, -0.2) is 103 Å². The first-order valence-corrected chi connectivity index (χ1v) is 25.7. The molecule has 1 aliphatic carbocycles. The fraction of sp³-hybridized carbons (Fsp3) is 0.481. The quantitative estimate of drug-likeness (QED) is 0.0915. The highest BCUT2D eigenvalue weighted by Crippen LogP contribution is 2.49. The van der Waals surface area contributed by atoms with Crippen LogP contribution in [0.3, 0.4) is 0 Å². The molecule has 3 fully saturated rings. The number of rotatable bonds is 12. The smallest absolute Gasteiger partial charge is 0.407 e. The minimum absolute atomic E-state index is 0.154. The van der Waals surface area contributed by atoms with Crippen molar-refractivity contribution < 1.29 is 37.8 Å². The van der Waals surface area contributed by atoms with E-state index in [4.69, 9.17) is 29.2 Å². The van der Waals surface area contributed by atoms with Gasteiger partial charge in [0.2, 0.25) is 18.0 Å². The third-order valence-corrected chi connectivity index (χ3v) is 15.8. The zero-order valence-electron chi connectivity index (χ0n) is 40.9. The Kier molecular flexibility index (Phi) is 13.4. The molecule has 71 heavy (non-hydrogen) atoms. The largest absolute Gasteiger partial charge is 0.464 e. The lowest BCUT2D eigenvalue weighted by atomic mass is 9.90. The van der Waals surface area contributed by atoms with E-state index in [2.05, 4.69) is 31.2 Å². The maximum Gasteiger partial charge on any atom is 0.407 e. The Bertz CT molecular complexity index is 2970. The highest BCUT2D eigenvalue weighted by molar-refractivity contribution is 7.11. The molecule has 10 rings (SSSR count). The van der Waals surface area contributed by atoms with Gasteiger partial charge in [-0.05, 0) is 80.7 Å². The van der Waals surface area contributed by atoms with Crippen molar-refractivity contribution >= 4 is 46.2 Å². The van der Waals surface area contributed by atoms with E-state index in [1.165, 1.54) is 39.5 Å². The lowest BCUT2D eigenvalue weighted by molar-refractivity contribution is -0.136. The Balaban J connectivity index is 0.976. The van der Waals surface area contributed by atoms with E-state index in [0.717, 1.165) is 64.1 Å². The van der Waals surface area contributed by atoms with E-state index in [0.29, 0.717) is 65.3 Å². The number of carbonyl (C=O) groups excluding carboxylic acids is 4. The first-order valence-electron chi connectivity index (χ1n) is 24.8. The lowest BCUT2D eigenvalue weighted by Crippen LogP contribution is -2.51. The van der Waals surface area contributed by atoms with Gasteiger partial charge in [0, 0.05) is 47.9 Å². The van der Waals surface area contributed by atoms with Crippen LogP contribution >= 0.6 is 11.3 Å². The Labute approximate surface area is 415 Å². The average Bonchev–Trinajstić information content (AvgIpc) is 4.24. The van der Waals surface area contributed by atoms with Crippen LogP contribution in [-0.2, 0) is 19.1 Å². The summed E-state index contributed by atoms with van der Waals surface area (Å²) in [5, 5.41) is 7.37. The number of likely N-dealkylation sites (tertiary alicyclic amines) is 2. The number of nitrogens with zero attached hydrogens (tertiary/aromatic N) is 6. The Morgan fingerprint density at radius 3 is 2.10 bits per heavy atom. The number of aromatic nitrogens is 6. The summed E-state index contributed by atoms with van der Waals surface area (Å²) in [4.78, 5) is 77.9. The van der Waals surface area contributed by atoms with E-state index in [-0.39, 0.29) is 35.7 Å². The van der Waals surface area contributed by atoms with Gasteiger partial charge in [-0.15, -0.1) is 11.3 Å². The molecule has 1 saturated carbocycles. The van der Waals surface area contributed by atoms with Crippen molar-refractivity contribution in [1.29, 1.82) is 0 Å². The topological polar surface area (TPSA) is 202 Å². The fourth-order valence-corrected chi connectivity index (χ4v) is 12.0. The summed E-state index contributed by atoms with van der Waals surface area (Å²) >= 11 is 1.65. The number of H-pyrrole nitrogens is 2. The first-order chi connectivity index (χ1) is 34.3. The zero-order chi connectivity index (χ0) is 49.7. The van der Waals surface area contributed by atoms with Gasteiger partial charge in [0.1, 0.15) is 35.3 Å². The highest BCUT2D eigenvalue weighted by Gasteiger charge is 2.40. The van der Waals surface area contributed by atoms with Gasteiger partial charge in [-0.2, -0.15) is 0 Å². The second-order valence-corrected chi connectivity index (χ2v) is 21.0. The molecular formula is C52H61FN10O7S. The fourth-order valence-electron chi connectivity index (χ4n) is 10.9. The molecular weight excluding hydrogens is 928 g/mol.